The van der Waals surface area contributed by atoms with Gasteiger partial charge in [-0.25, -0.2) is 4.57 Å². The minimum Gasteiger partial charge on any atom is -0.268 e. The molecule has 0 aliphatic rings. The molecule has 25 heavy (non-hydrogen) atoms. The maximum atomic E-state index is 13.1. The molecule has 0 fully saturated rings. The fraction of sp³-hybridized carbons (Fsp3) is 0.105. The number of nitrogens with zero attached hydrogens (tertiary/aromatic N) is 4. The molecule has 0 saturated carbocycles. The summed E-state index contributed by atoms with van der Waals surface area (Å²) in [7, 11) is 0. The molecule has 0 aliphatic heterocycles. The van der Waals surface area contributed by atoms with Gasteiger partial charge in [-0.2, -0.15) is 0 Å². The van der Waals surface area contributed by atoms with E-state index in [1.807, 2.05) is 65.9 Å². The predicted octanol–water partition coefficient (Wildman–Crippen LogP) is 3.62. The Balaban J connectivity index is 2.12. The van der Waals surface area contributed by atoms with E-state index in [1.54, 1.807) is 4.57 Å². The number of thioether (sulfide) groups is 1. The second-order valence-electron chi connectivity index (χ2n) is 5.71. The van der Waals surface area contributed by atoms with Gasteiger partial charge in [0.05, 0.1) is 16.6 Å². The SMILES string of the molecule is C=CCSc1nnc2n(-c3ccc(C)cc3)c(=O)c3ccccc3n12. The summed E-state index contributed by atoms with van der Waals surface area (Å²) in [6, 6.07) is 15.4. The van der Waals surface area contributed by atoms with Crippen molar-refractivity contribution < 1.29 is 0 Å². The number of para-hydroxylation sites is 1. The minimum absolute atomic E-state index is 0.0976. The molecule has 6 heteroatoms. The number of fused-ring (bicyclic) bond motifs is 3. The quantitative estimate of drug-likeness (QED) is 0.417. The van der Waals surface area contributed by atoms with Crippen molar-refractivity contribution >= 4 is 28.4 Å². The molecule has 0 saturated heterocycles. The molecule has 124 valence electrons. The maximum absolute atomic E-state index is 13.1. The number of aryl methyl sites for hydroxylation is 1. The van der Waals surface area contributed by atoms with Gasteiger partial charge < -0.3 is 0 Å². The lowest BCUT2D eigenvalue weighted by Crippen LogP contribution is -2.21. The topological polar surface area (TPSA) is 52.2 Å². The van der Waals surface area contributed by atoms with Crippen molar-refractivity contribution in [1.29, 1.82) is 0 Å². The van der Waals surface area contributed by atoms with Crippen molar-refractivity contribution in [3.05, 3.63) is 77.1 Å². The zero-order chi connectivity index (χ0) is 17.4. The Bertz CT molecular complexity index is 1140. The van der Waals surface area contributed by atoms with Crippen LogP contribution in [0.1, 0.15) is 5.56 Å². The molecule has 2 aromatic carbocycles. The third kappa shape index (κ3) is 2.55. The van der Waals surface area contributed by atoms with Crippen LogP contribution in [0.15, 0.2) is 71.1 Å². The Morgan fingerprint density at radius 3 is 2.64 bits per heavy atom. The second-order valence-corrected chi connectivity index (χ2v) is 6.70. The molecular weight excluding hydrogens is 332 g/mol. The third-order valence-corrected chi connectivity index (χ3v) is 4.94. The number of benzene rings is 2. The standard InChI is InChI=1S/C19H16N4OS/c1-3-12-25-19-21-20-18-22(14-10-8-13(2)9-11-14)17(24)15-6-4-5-7-16(15)23(18)19/h3-11H,1,12H2,2H3. The van der Waals surface area contributed by atoms with Gasteiger partial charge in [0, 0.05) is 5.75 Å². The summed E-state index contributed by atoms with van der Waals surface area (Å²) < 4.78 is 3.55. The molecule has 4 aromatic rings. The van der Waals surface area contributed by atoms with E-state index in [4.69, 9.17) is 0 Å². The average molecular weight is 348 g/mol. The smallest absolute Gasteiger partial charge is 0.267 e. The van der Waals surface area contributed by atoms with Gasteiger partial charge in [-0.1, -0.05) is 47.7 Å². The zero-order valence-electron chi connectivity index (χ0n) is 13.7. The van der Waals surface area contributed by atoms with Gasteiger partial charge in [0.2, 0.25) is 5.78 Å². The average Bonchev–Trinajstić information content (AvgIpc) is 3.05. The first-order valence-corrected chi connectivity index (χ1v) is 8.89. The second kappa shape index (κ2) is 6.22. The first-order valence-electron chi connectivity index (χ1n) is 7.90. The van der Waals surface area contributed by atoms with Crippen LogP contribution in [0.5, 0.6) is 0 Å². The lowest BCUT2D eigenvalue weighted by molar-refractivity contribution is 0.932. The number of rotatable bonds is 4. The third-order valence-electron chi connectivity index (χ3n) is 4.02. The molecule has 0 amide bonds. The summed E-state index contributed by atoms with van der Waals surface area (Å²) in [5.41, 5.74) is 2.62. The molecule has 0 bridgehead atoms. The molecular formula is C19H16N4OS. The highest BCUT2D eigenvalue weighted by molar-refractivity contribution is 7.99. The zero-order valence-corrected chi connectivity index (χ0v) is 14.5. The number of hydrogen-bond acceptors (Lipinski definition) is 4. The van der Waals surface area contributed by atoms with Gasteiger partial charge in [0.15, 0.2) is 5.16 Å². The van der Waals surface area contributed by atoms with E-state index in [0.717, 1.165) is 27.7 Å². The maximum Gasteiger partial charge on any atom is 0.267 e. The fourth-order valence-electron chi connectivity index (χ4n) is 2.83. The molecule has 5 nitrogen and oxygen atoms in total. The van der Waals surface area contributed by atoms with Crippen LogP contribution in [0.3, 0.4) is 0 Å². The van der Waals surface area contributed by atoms with Gasteiger partial charge in [-0.15, -0.1) is 16.8 Å². The molecule has 0 atom stereocenters. The van der Waals surface area contributed by atoms with Crippen molar-refractivity contribution in [2.45, 2.75) is 12.1 Å². The Morgan fingerprint density at radius 1 is 1.12 bits per heavy atom. The van der Waals surface area contributed by atoms with E-state index in [9.17, 15) is 4.79 Å². The van der Waals surface area contributed by atoms with Crippen LogP contribution in [-0.2, 0) is 0 Å². The van der Waals surface area contributed by atoms with Crippen LogP contribution in [0.25, 0.3) is 22.4 Å². The van der Waals surface area contributed by atoms with Crippen LogP contribution in [-0.4, -0.2) is 24.9 Å². The Kier molecular flexibility index (Phi) is 3.89. The largest absolute Gasteiger partial charge is 0.268 e. The van der Waals surface area contributed by atoms with Crippen molar-refractivity contribution in [3.63, 3.8) is 0 Å². The van der Waals surface area contributed by atoms with Crippen LogP contribution < -0.4 is 5.56 Å². The van der Waals surface area contributed by atoms with E-state index in [0.29, 0.717) is 11.2 Å². The van der Waals surface area contributed by atoms with Crippen molar-refractivity contribution in [3.8, 4) is 5.69 Å². The minimum atomic E-state index is -0.0976. The number of hydrogen-bond donors (Lipinski definition) is 0. The first-order chi connectivity index (χ1) is 12.2. The summed E-state index contributed by atoms with van der Waals surface area (Å²) in [6.45, 7) is 5.77. The van der Waals surface area contributed by atoms with Gasteiger partial charge in [0.1, 0.15) is 0 Å². The van der Waals surface area contributed by atoms with Gasteiger partial charge >= 0.3 is 0 Å². The van der Waals surface area contributed by atoms with Crippen LogP contribution >= 0.6 is 11.8 Å². The molecule has 4 rings (SSSR count). The van der Waals surface area contributed by atoms with E-state index in [-0.39, 0.29) is 5.56 Å². The molecule has 0 unspecified atom stereocenters. The Morgan fingerprint density at radius 2 is 1.88 bits per heavy atom. The van der Waals surface area contributed by atoms with E-state index in [1.165, 1.54) is 11.8 Å². The Labute approximate surface area is 148 Å². The van der Waals surface area contributed by atoms with Gasteiger partial charge in [-0.3, -0.25) is 9.20 Å². The monoisotopic (exact) mass is 348 g/mol. The summed E-state index contributed by atoms with van der Waals surface area (Å²) >= 11 is 1.54. The molecule has 2 aromatic heterocycles. The summed E-state index contributed by atoms with van der Waals surface area (Å²) in [5.74, 6) is 1.23. The van der Waals surface area contributed by atoms with Crippen molar-refractivity contribution in [1.82, 2.24) is 19.2 Å². The highest BCUT2D eigenvalue weighted by Gasteiger charge is 2.17. The predicted molar refractivity (Wildman–Crippen MR) is 102 cm³/mol. The molecule has 2 heterocycles. The normalized spacial score (nSPS) is 11.2. The molecule has 0 radical (unpaired) electrons. The lowest BCUT2D eigenvalue weighted by atomic mass is 10.2. The van der Waals surface area contributed by atoms with Crippen LogP contribution in [0.2, 0.25) is 0 Å². The van der Waals surface area contributed by atoms with Gasteiger partial charge in [-0.05, 0) is 31.2 Å². The van der Waals surface area contributed by atoms with E-state index in [2.05, 4.69) is 16.8 Å². The van der Waals surface area contributed by atoms with E-state index < -0.39 is 0 Å². The molecule has 0 spiro atoms. The van der Waals surface area contributed by atoms with Crippen LogP contribution in [0, 0.1) is 6.92 Å². The lowest BCUT2D eigenvalue weighted by Gasteiger charge is -2.11. The van der Waals surface area contributed by atoms with Crippen molar-refractivity contribution in [2.24, 2.45) is 0 Å². The summed E-state index contributed by atoms with van der Waals surface area (Å²) in [5, 5.41) is 9.98. The highest BCUT2D eigenvalue weighted by atomic mass is 32.2. The van der Waals surface area contributed by atoms with E-state index >= 15 is 0 Å². The fourth-order valence-corrected chi connectivity index (χ4v) is 3.51. The summed E-state index contributed by atoms with van der Waals surface area (Å²) in [6.07, 6.45) is 1.82. The molecule has 0 aliphatic carbocycles. The Hall–Kier alpha value is -2.86. The summed E-state index contributed by atoms with van der Waals surface area (Å²) in [4.78, 5) is 13.1. The first kappa shape index (κ1) is 15.7. The highest BCUT2D eigenvalue weighted by Crippen LogP contribution is 2.23. The molecule has 0 N–H and O–H groups in total. The van der Waals surface area contributed by atoms with Crippen molar-refractivity contribution in [2.75, 3.05) is 5.75 Å². The van der Waals surface area contributed by atoms with Gasteiger partial charge in [0.25, 0.3) is 5.56 Å². The van der Waals surface area contributed by atoms with Crippen LogP contribution in [0.4, 0.5) is 0 Å². The number of aromatic nitrogens is 4.